The Balaban J connectivity index is 0.000000303. The molecule has 2 saturated heterocycles. The van der Waals surface area contributed by atoms with Gasteiger partial charge in [-0.3, -0.25) is 4.90 Å². The van der Waals surface area contributed by atoms with Gasteiger partial charge in [0.1, 0.15) is 0 Å². The summed E-state index contributed by atoms with van der Waals surface area (Å²) in [6.45, 7) is 13.7. The highest BCUT2D eigenvalue weighted by atomic mass is 16.5. The number of hydrogen-bond acceptors (Lipinski definition) is 4. The van der Waals surface area contributed by atoms with Crippen molar-refractivity contribution in [2.24, 2.45) is 0 Å². The number of nitrogens with zero attached hydrogens (tertiary/aromatic N) is 2. The summed E-state index contributed by atoms with van der Waals surface area (Å²) in [5.74, 6) is 0. The monoisotopic (exact) mass is 274 g/mol. The van der Waals surface area contributed by atoms with Crippen molar-refractivity contribution in [2.75, 3.05) is 53.0 Å². The summed E-state index contributed by atoms with van der Waals surface area (Å²) in [6.07, 6.45) is 3.15. The quantitative estimate of drug-likeness (QED) is 0.833. The van der Waals surface area contributed by atoms with Crippen molar-refractivity contribution in [1.82, 2.24) is 9.80 Å². The van der Waals surface area contributed by atoms with Crippen LogP contribution in [0, 0.1) is 0 Å². The minimum absolute atomic E-state index is 0.0220. The van der Waals surface area contributed by atoms with Crippen LogP contribution in [0.3, 0.4) is 0 Å². The zero-order valence-electron chi connectivity index (χ0n) is 13.4. The van der Waals surface area contributed by atoms with E-state index in [0.29, 0.717) is 0 Å². The molecule has 0 bridgehead atoms. The average molecular weight is 274 g/mol. The van der Waals surface area contributed by atoms with Crippen molar-refractivity contribution >= 4 is 0 Å². The molecule has 0 saturated carbocycles. The molecule has 2 heterocycles. The van der Waals surface area contributed by atoms with Gasteiger partial charge in [0.15, 0.2) is 0 Å². The van der Waals surface area contributed by atoms with E-state index in [4.69, 9.17) is 9.84 Å². The third kappa shape index (κ3) is 10.3. The first kappa shape index (κ1) is 18.8. The van der Waals surface area contributed by atoms with Gasteiger partial charge < -0.3 is 14.7 Å². The van der Waals surface area contributed by atoms with Gasteiger partial charge in [0.05, 0.1) is 19.3 Å². The second-order valence-electron chi connectivity index (χ2n) is 4.99. The molecule has 0 unspecified atom stereocenters. The molecular formula is C15H34N2O2. The predicted molar refractivity (Wildman–Crippen MR) is 81.6 cm³/mol. The van der Waals surface area contributed by atoms with Crippen molar-refractivity contribution in [1.29, 1.82) is 0 Å². The van der Waals surface area contributed by atoms with Crippen LogP contribution in [-0.4, -0.2) is 74.0 Å². The summed E-state index contributed by atoms with van der Waals surface area (Å²) in [4.78, 5) is 4.69. The molecular weight excluding hydrogens is 240 g/mol. The highest BCUT2D eigenvalue weighted by Crippen LogP contribution is 2.06. The van der Waals surface area contributed by atoms with Crippen molar-refractivity contribution in [3.05, 3.63) is 0 Å². The predicted octanol–water partition coefficient (Wildman–Crippen LogP) is 1.83. The summed E-state index contributed by atoms with van der Waals surface area (Å²) in [7, 11) is 2.09. The first-order chi connectivity index (χ1) is 9.22. The first-order valence-corrected chi connectivity index (χ1v) is 7.89. The van der Waals surface area contributed by atoms with Crippen LogP contribution in [-0.2, 0) is 4.74 Å². The van der Waals surface area contributed by atoms with Gasteiger partial charge in [-0.05, 0) is 32.9 Å². The summed E-state index contributed by atoms with van der Waals surface area (Å²) < 4.78 is 5.20. The number of morpholine rings is 1. The van der Waals surface area contributed by atoms with Crippen LogP contribution in [0.1, 0.15) is 40.0 Å². The van der Waals surface area contributed by atoms with E-state index >= 15 is 0 Å². The smallest absolute Gasteiger partial charge is 0.0594 e. The highest BCUT2D eigenvalue weighted by Gasteiger charge is 2.12. The van der Waals surface area contributed by atoms with Gasteiger partial charge in [-0.1, -0.05) is 20.8 Å². The molecule has 2 aliphatic heterocycles. The zero-order valence-corrected chi connectivity index (χ0v) is 13.4. The fourth-order valence-corrected chi connectivity index (χ4v) is 2.14. The molecule has 0 atom stereocenters. The molecule has 2 aliphatic rings. The van der Waals surface area contributed by atoms with Crippen LogP contribution in [0.2, 0.25) is 0 Å². The molecule has 0 amide bonds. The molecule has 4 heteroatoms. The van der Waals surface area contributed by atoms with E-state index in [1.807, 2.05) is 13.8 Å². The first-order valence-electron chi connectivity index (χ1n) is 7.89. The lowest BCUT2D eigenvalue weighted by Crippen LogP contribution is -2.36. The Labute approximate surface area is 119 Å². The minimum Gasteiger partial charge on any atom is -0.393 e. The van der Waals surface area contributed by atoms with Gasteiger partial charge in [0.2, 0.25) is 0 Å². The maximum Gasteiger partial charge on any atom is 0.0594 e. The standard InChI is InChI=1S/C7H15NO.C6H13NO.C2H6/c1-2-3-8-4-6-9-7-5-8;1-7-4-2-6(8)3-5-7;1-2/h2-7H2,1H3;6,8H,2-5H2,1H3;1-2H3. The Bertz CT molecular complexity index is 164. The molecule has 19 heavy (non-hydrogen) atoms. The molecule has 0 aromatic rings. The van der Waals surface area contributed by atoms with Crippen LogP contribution in [0.15, 0.2) is 0 Å². The number of piperidine rings is 1. The molecule has 0 aromatic carbocycles. The minimum atomic E-state index is -0.0220. The van der Waals surface area contributed by atoms with Crippen LogP contribution in [0.4, 0.5) is 0 Å². The number of hydrogen-bond donors (Lipinski definition) is 1. The van der Waals surface area contributed by atoms with Crippen molar-refractivity contribution < 1.29 is 9.84 Å². The molecule has 0 aliphatic carbocycles. The Morgan fingerprint density at radius 1 is 1.05 bits per heavy atom. The fraction of sp³-hybridized carbons (Fsp3) is 1.00. The zero-order chi connectivity index (χ0) is 14.5. The number of aliphatic hydroxyl groups is 1. The van der Waals surface area contributed by atoms with E-state index in [1.54, 1.807) is 0 Å². The molecule has 116 valence electrons. The van der Waals surface area contributed by atoms with Crippen molar-refractivity contribution in [2.45, 2.75) is 46.1 Å². The van der Waals surface area contributed by atoms with Gasteiger partial charge in [0, 0.05) is 26.2 Å². The maximum absolute atomic E-state index is 9.00. The van der Waals surface area contributed by atoms with Crippen LogP contribution in [0.5, 0.6) is 0 Å². The lowest BCUT2D eigenvalue weighted by atomic mass is 10.1. The number of rotatable bonds is 2. The van der Waals surface area contributed by atoms with E-state index in [2.05, 4.69) is 23.8 Å². The Hall–Kier alpha value is -0.160. The van der Waals surface area contributed by atoms with Crippen LogP contribution >= 0.6 is 0 Å². The van der Waals surface area contributed by atoms with Crippen LogP contribution < -0.4 is 0 Å². The van der Waals surface area contributed by atoms with Gasteiger partial charge in [0.25, 0.3) is 0 Å². The average Bonchev–Trinajstić information content (AvgIpc) is 2.47. The molecule has 0 radical (unpaired) electrons. The third-order valence-corrected chi connectivity index (χ3v) is 3.33. The normalized spacial score (nSPS) is 21.9. The van der Waals surface area contributed by atoms with Gasteiger partial charge in [-0.15, -0.1) is 0 Å². The summed E-state index contributed by atoms with van der Waals surface area (Å²) in [5.41, 5.74) is 0. The van der Waals surface area contributed by atoms with E-state index < -0.39 is 0 Å². The molecule has 2 rings (SSSR count). The topological polar surface area (TPSA) is 35.9 Å². The number of likely N-dealkylation sites (tertiary alicyclic amines) is 1. The number of ether oxygens (including phenoxy) is 1. The lowest BCUT2D eigenvalue weighted by Gasteiger charge is -2.25. The van der Waals surface area contributed by atoms with Gasteiger partial charge in [-0.25, -0.2) is 0 Å². The van der Waals surface area contributed by atoms with E-state index in [-0.39, 0.29) is 6.10 Å². The Morgan fingerprint density at radius 3 is 2.00 bits per heavy atom. The maximum atomic E-state index is 9.00. The lowest BCUT2D eigenvalue weighted by molar-refractivity contribution is 0.0380. The van der Waals surface area contributed by atoms with E-state index in [0.717, 1.165) is 52.2 Å². The SMILES string of the molecule is CC.CCCN1CCOCC1.CN1CCC(O)CC1. The molecule has 1 N–H and O–H groups in total. The van der Waals surface area contributed by atoms with E-state index in [1.165, 1.54) is 13.0 Å². The highest BCUT2D eigenvalue weighted by molar-refractivity contribution is 4.67. The third-order valence-electron chi connectivity index (χ3n) is 3.33. The summed E-state index contributed by atoms with van der Waals surface area (Å²) in [6, 6.07) is 0. The molecule has 4 nitrogen and oxygen atoms in total. The summed E-state index contributed by atoms with van der Waals surface area (Å²) >= 11 is 0. The second-order valence-corrected chi connectivity index (χ2v) is 4.99. The Morgan fingerprint density at radius 2 is 1.58 bits per heavy atom. The Kier molecular flexibility index (Phi) is 12.7. The summed E-state index contributed by atoms with van der Waals surface area (Å²) in [5, 5.41) is 9.00. The second kappa shape index (κ2) is 12.9. The largest absolute Gasteiger partial charge is 0.393 e. The van der Waals surface area contributed by atoms with Gasteiger partial charge in [-0.2, -0.15) is 0 Å². The molecule has 0 spiro atoms. The van der Waals surface area contributed by atoms with Gasteiger partial charge >= 0.3 is 0 Å². The fourth-order valence-electron chi connectivity index (χ4n) is 2.14. The van der Waals surface area contributed by atoms with Crippen LogP contribution in [0.25, 0.3) is 0 Å². The molecule has 0 aromatic heterocycles. The number of aliphatic hydroxyl groups excluding tert-OH is 1. The van der Waals surface area contributed by atoms with Crippen molar-refractivity contribution in [3.63, 3.8) is 0 Å². The van der Waals surface area contributed by atoms with E-state index in [9.17, 15) is 0 Å². The molecule has 2 fully saturated rings. The van der Waals surface area contributed by atoms with Crippen molar-refractivity contribution in [3.8, 4) is 0 Å².